The Kier molecular flexibility index (Phi) is 13.7. The molecule has 4 rings (SSSR count). The Morgan fingerprint density at radius 3 is 2.45 bits per heavy atom. The molecule has 0 atom stereocenters. The van der Waals surface area contributed by atoms with E-state index in [4.69, 9.17) is 24.1 Å². The van der Waals surface area contributed by atoms with Gasteiger partial charge in [0.25, 0.3) is 0 Å². The van der Waals surface area contributed by atoms with Crippen LogP contribution >= 0.6 is 0 Å². The molecule has 1 aliphatic heterocycles. The number of Topliss-reactive ketones (excluding diaryl/α,β-unsaturated/α-hetero) is 1. The summed E-state index contributed by atoms with van der Waals surface area (Å²) >= 11 is 0. The van der Waals surface area contributed by atoms with Gasteiger partial charge in [0.05, 0.1) is 13.2 Å². The maximum atomic E-state index is 12.3. The van der Waals surface area contributed by atoms with Crippen LogP contribution in [-0.4, -0.2) is 41.1 Å². The van der Waals surface area contributed by atoms with E-state index in [1.807, 2.05) is 24.3 Å². The summed E-state index contributed by atoms with van der Waals surface area (Å²) < 4.78 is 23.7. The maximum absolute atomic E-state index is 12.3. The maximum Gasteiger partial charge on any atom is 0.303 e. The molecule has 1 aliphatic carbocycles. The molecule has 0 bridgehead atoms. The number of carbonyl (C=O) groups is 3. The van der Waals surface area contributed by atoms with Crippen molar-refractivity contribution in [2.24, 2.45) is 0 Å². The van der Waals surface area contributed by atoms with E-state index >= 15 is 0 Å². The predicted octanol–water partition coefficient (Wildman–Crippen LogP) is 8.19. The van der Waals surface area contributed by atoms with Gasteiger partial charge in [-0.2, -0.15) is 0 Å². The first-order valence-corrected chi connectivity index (χ1v) is 16.3. The van der Waals surface area contributed by atoms with Crippen molar-refractivity contribution in [1.29, 1.82) is 0 Å². The van der Waals surface area contributed by atoms with Crippen LogP contribution in [0.15, 0.2) is 78.5 Å². The average Bonchev–Trinajstić information content (AvgIpc) is 3.06. The number of unbranched alkanes of at least 4 members (excludes halogenated alkanes) is 3. The highest BCUT2D eigenvalue weighted by Gasteiger charge is 2.17. The summed E-state index contributed by atoms with van der Waals surface area (Å²) in [6.07, 6.45) is 17.3. The monoisotopic (exact) mass is 644 g/mol. The van der Waals surface area contributed by atoms with E-state index < -0.39 is 11.9 Å². The number of ether oxygens (including phenoxy) is 4. The Morgan fingerprint density at radius 2 is 1.68 bits per heavy atom. The first-order valence-electron chi connectivity index (χ1n) is 16.3. The Hall–Kier alpha value is -4.79. The van der Waals surface area contributed by atoms with Crippen LogP contribution in [0.25, 0.3) is 5.76 Å². The molecule has 9 nitrogen and oxygen atoms in total. The van der Waals surface area contributed by atoms with E-state index in [9.17, 15) is 19.5 Å². The molecule has 47 heavy (non-hydrogen) atoms. The second-order valence-electron chi connectivity index (χ2n) is 11.7. The van der Waals surface area contributed by atoms with Gasteiger partial charge in [-0.1, -0.05) is 48.8 Å². The minimum atomic E-state index is -0.874. The van der Waals surface area contributed by atoms with Gasteiger partial charge in [0.2, 0.25) is 0 Å². The summed E-state index contributed by atoms with van der Waals surface area (Å²) in [6.45, 7) is 2.28. The lowest BCUT2D eigenvalue weighted by Gasteiger charge is -2.19. The van der Waals surface area contributed by atoms with E-state index in [1.54, 1.807) is 18.4 Å². The van der Waals surface area contributed by atoms with Crippen LogP contribution in [0.1, 0.15) is 98.2 Å². The van der Waals surface area contributed by atoms with Gasteiger partial charge in [-0.25, -0.2) is 0 Å². The fourth-order valence-electron chi connectivity index (χ4n) is 5.48. The molecule has 2 aromatic carbocycles. The van der Waals surface area contributed by atoms with Crippen LogP contribution < -0.4 is 9.47 Å². The van der Waals surface area contributed by atoms with Gasteiger partial charge >= 0.3 is 11.9 Å². The molecule has 0 spiro atoms. The van der Waals surface area contributed by atoms with Crippen molar-refractivity contribution in [2.75, 3.05) is 13.2 Å². The van der Waals surface area contributed by atoms with E-state index in [1.165, 1.54) is 18.8 Å². The number of ketones is 1. The number of benzene rings is 2. The number of carboxylic acids is 2. The fraction of sp³-hybridized carbons (Fsp3) is 0.395. The SMILES string of the molecule is CC(=O)c1cc(OCCCCCCc2cccc(OCCCC(=O)O)c2CCC(=O)O)cc(C2=COC=C(CC3=CC=CCC3)O2)c1. The predicted molar refractivity (Wildman–Crippen MR) is 178 cm³/mol. The third kappa shape index (κ3) is 11.8. The number of aryl methyl sites for hydroxylation is 1. The second-order valence-corrected chi connectivity index (χ2v) is 11.7. The number of aliphatic carboxylic acids is 2. The number of rotatable bonds is 20. The van der Waals surface area contributed by atoms with E-state index in [2.05, 4.69) is 18.2 Å². The van der Waals surface area contributed by atoms with Crippen LogP contribution in [0, 0.1) is 0 Å². The molecule has 0 fully saturated rings. The fourth-order valence-corrected chi connectivity index (χ4v) is 5.48. The van der Waals surface area contributed by atoms with Gasteiger partial charge in [-0.3, -0.25) is 14.4 Å². The largest absolute Gasteiger partial charge is 0.494 e. The highest BCUT2D eigenvalue weighted by molar-refractivity contribution is 5.95. The van der Waals surface area contributed by atoms with Crippen molar-refractivity contribution in [3.8, 4) is 11.5 Å². The molecule has 0 saturated heterocycles. The first-order chi connectivity index (χ1) is 22.8. The molecule has 1 heterocycles. The molecule has 0 radical (unpaired) electrons. The normalized spacial score (nSPS) is 13.9. The third-order valence-corrected chi connectivity index (χ3v) is 7.94. The van der Waals surface area contributed by atoms with Crippen LogP contribution in [0.2, 0.25) is 0 Å². The summed E-state index contributed by atoms with van der Waals surface area (Å²) in [5.74, 6) is 0.646. The van der Waals surface area contributed by atoms with Crippen molar-refractivity contribution < 1.29 is 43.5 Å². The Balaban J connectivity index is 1.26. The molecular formula is C38H44O9. The molecule has 9 heteroatoms. The molecule has 0 saturated carbocycles. The second kappa shape index (κ2) is 18.4. The van der Waals surface area contributed by atoms with Crippen LogP contribution in [0.3, 0.4) is 0 Å². The van der Waals surface area contributed by atoms with Gasteiger partial charge in [0.15, 0.2) is 11.5 Å². The van der Waals surface area contributed by atoms with E-state index in [0.29, 0.717) is 60.0 Å². The van der Waals surface area contributed by atoms with Gasteiger partial charge in [0, 0.05) is 30.4 Å². The van der Waals surface area contributed by atoms with Gasteiger partial charge in [0.1, 0.15) is 29.8 Å². The molecule has 250 valence electrons. The zero-order chi connectivity index (χ0) is 33.4. The molecule has 0 unspecified atom stereocenters. The van der Waals surface area contributed by atoms with E-state index in [-0.39, 0.29) is 25.2 Å². The van der Waals surface area contributed by atoms with Gasteiger partial charge in [-0.05, 0) is 87.3 Å². The third-order valence-electron chi connectivity index (χ3n) is 7.94. The molecule has 0 amide bonds. The number of carbonyl (C=O) groups excluding carboxylic acids is 1. The van der Waals surface area contributed by atoms with Crippen molar-refractivity contribution in [3.63, 3.8) is 0 Å². The van der Waals surface area contributed by atoms with Gasteiger partial charge < -0.3 is 29.2 Å². The highest BCUT2D eigenvalue weighted by atomic mass is 16.5. The van der Waals surface area contributed by atoms with Crippen LogP contribution in [0.5, 0.6) is 11.5 Å². The van der Waals surface area contributed by atoms with Crippen molar-refractivity contribution in [2.45, 2.75) is 84.0 Å². The summed E-state index contributed by atoms with van der Waals surface area (Å²) in [7, 11) is 0. The van der Waals surface area contributed by atoms with Gasteiger partial charge in [-0.15, -0.1) is 0 Å². The van der Waals surface area contributed by atoms with Crippen molar-refractivity contribution in [1.82, 2.24) is 0 Å². The molecule has 2 N–H and O–H groups in total. The number of carboxylic acid groups (broad SMARTS) is 2. The summed E-state index contributed by atoms with van der Waals surface area (Å²) in [4.78, 5) is 34.4. The lowest BCUT2D eigenvalue weighted by molar-refractivity contribution is -0.138. The Labute approximate surface area is 276 Å². The number of hydrogen-bond donors (Lipinski definition) is 2. The topological polar surface area (TPSA) is 129 Å². The number of allylic oxidation sites excluding steroid dienone is 4. The van der Waals surface area contributed by atoms with E-state index in [0.717, 1.165) is 56.1 Å². The quantitative estimate of drug-likeness (QED) is 0.108. The molecule has 2 aliphatic rings. The Bertz CT molecular complexity index is 1530. The average molecular weight is 645 g/mol. The number of hydrogen-bond acceptors (Lipinski definition) is 7. The summed E-state index contributed by atoms with van der Waals surface area (Å²) in [6, 6.07) is 11.1. The first kappa shape index (κ1) is 35.1. The Morgan fingerprint density at radius 1 is 0.872 bits per heavy atom. The lowest BCUT2D eigenvalue weighted by atomic mass is 9.97. The van der Waals surface area contributed by atoms with Crippen molar-refractivity contribution in [3.05, 3.63) is 101 Å². The summed E-state index contributed by atoms with van der Waals surface area (Å²) in [5.41, 5.74) is 4.45. The van der Waals surface area contributed by atoms with Crippen LogP contribution in [-0.2, 0) is 31.9 Å². The zero-order valence-corrected chi connectivity index (χ0v) is 27.0. The minimum Gasteiger partial charge on any atom is -0.494 e. The smallest absolute Gasteiger partial charge is 0.303 e. The molecule has 2 aromatic rings. The molecule has 0 aromatic heterocycles. The highest BCUT2D eigenvalue weighted by Crippen LogP contribution is 2.32. The van der Waals surface area contributed by atoms with Crippen LogP contribution in [0.4, 0.5) is 0 Å². The van der Waals surface area contributed by atoms with Crippen molar-refractivity contribution >= 4 is 23.5 Å². The molecular weight excluding hydrogens is 600 g/mol. The lowest BCUT2D eigenvalue weighted by Crippen LogP contribution is -2.07. The summed E-state index contributed by atoms with van der Waals surface area (Å²) in [5, 5.41) is 18.1. The zero-order valence-electron chi connectivity index (χ0n) is 27.0. The standard InChI is InChI=1S/C38H44O9/c1-27(39)30-22-31(36-26-44-25-33(47-36)21-28-11-5-4-6-12-28)24-32(23-30)45-19-8-3-2-7-13-29-14-9-15-35(34(29)17-18-38(42)43)46-20-10-16-37(40)41/h4-5,9,11,14-15,22-26H,2-3,6-8,10,12-13,16-21H2,1H3,(H,40,41)(H,42,43). The minimum absolute atomic E-state index is 0.00321.